The fourth-order valence-electron chi connectivity index (χ4n) is 2.57. The van der Waals surface area contributed by atoms with E-state index in [0.29, 0.717) is 18.2 Å². The minimum absolute atomic E-state index is 0.496. The van der Waals surface area contributed by atoms with Crippen LogP contribution in [0.25, 0.3) is 0 Å². The van der Waals surface area contributed by atoms with Crippen molar-refractivity contribution in [3.63, 3.8) is 0 Å². The van der Waals surface area contributed by atoms with Gasteiger partial charge in [-0.25, -0.2) is 5.90 Å². The standard InChI is InChI=1S/C14H19N3O/c15-11-12-4-6-14(7-5-12)17-9-2-1-3-13(17)8-10-18-16/h4-7,13H,1-3,8-10,16H2. The Labute approximate surface area is 108 Å². The van der Waals surface area contributed by atoms with Crippen molar-refractivity contribution in [3.8, 4) is 6.07 Å². The van der Waals surface area contributed by atoms with Gasteiger partial charge in [-0.05, 0) is 49.9 Å². The van der Waals surface area contributed by atoms with Gasteiger partial charge in [0, 0.05) is 18.3 Å². The Bertz CT molecular complexity index is 410. The zero-order valence-electron chi connectivity index (χ0n) is 10.5. The van der Waals surface area contributed by atoms with E-state index >= 15 is 0 Å². The van der Waals surface area contributed by atoms with Crippen molar-refractivity contribution in [2.24, 2.45) is 5.90 Å². The molecule has 4 nitrogen and oxygen atoms in total. The van der Waals surface area contributed by atoms with Gasteiger partial charge < -0.3 is 9.74 Å². The second-order valence-corrected chi connectivity index (χ2v) is 4.66. The van der Waals surface area contributed by atoms with Gasteiger partial charge >= 0.3 is 0 Å². The smallest absolute Gasteiger partial charge is 0.0991 e. The summed E-state index contributed by atoms with van der Waals surface area (Å²) in [7, 11) is 0. The summed E-state index contributed by atoms with van der Waals surface area (Å²) in [5.41, 5.74) is 1.90. The molecule has 1 heterocycles. The third-order valence-corrected chi connectivity index (χ3v) is 3.52. The van der Waals surface area contributed by atoms with Crippen LogP contribution in [0, 0.1) is 11.3 Å². The zero-order valence-corrected chi connectivity index (χ0v) is 10.5. The first-order valence-electron chi connectivity index (χ1n) is 6.43. The van der Waals surface area contributed by atoms with Crippen LogP contribution in [-0.4, -0.2) is 19.2 Å². The fraction of sp³-hybridized carbons (Fsp3) is 0.500. The second kappa shape index (κ2) is 6.39. The van der Waals surface area contributed by atoms with E-state index in [4.69, 9.17) is 16.0 Å². The molecule has 0 spiro atoms. The molecule has 1 saturated heterocycles. The highest BCUT2D eigenvalue weighted by atomic mass is 16.6. The van der Waals surface area contributed by atoms with Crippen molar-refractivity contribution < 1.29 is 4.84 Å². The van der Waals surface area contributed by atoms with Crippen LogP contribution in [0.5, 0.6) is 0 Å². The molecule has 1 atom stereocenters. The predicted octanol–water partition coefficient (Wildman–Crippen LogP) is 2.20. The Kier molecular flexibility index (Phi) is 4.57. The van der Waals surface area contributed by atoms with Gasteiger partial charge in [0.1, 0.15) is 0 Å². The largest absolute Gasteiger partial charge is 0.368 e. The summed E-state index contributed by atoms with van der Waals surface area (Å²) in [6.45, 7) is 1.67. The highest BCUT2D eigenvalue weighted by molar-refractivity contribution is 5.50. The lowest BCUT2D eigenvalue weighted by Crippen LogP contribution is -2.40. The van der Waals surface area contributed by atoms with E-state index in [2.05, 4.69) is 11.0 Å². The lowest BCUT2D eigenvalue weighted by molar-refractivity contribution is 0.127. The van der Waals surface area contributed by atoms with Gasteiger partial charge in [-0.2, -0.15) is 5.26 Å². The average Bonchev–Trinajstić information content (AvgIpc) is 2.45. The van der Waals surface area contributed by atoms with Crippen LogP contribution >= 0.6 is 0 Å². The molecule has 1 aliphatic heterocycles. The molecule has 1 aliphatic rings. The van der Waals surface area contributed by atoms with Crippen LogP contribution in [0.15, 0.2) is 24.3 Å². The first-order chi connectivity index (χ1) is 8.85. The van der Waals surface area contributed by atoms with Crippen LogP contribution in [-0.2, 0) is 4.84 Å². The quantitative estimate of drug-likeness (QED) is 0.826. The van der Waals surface area contributed by atoms with Crippen molar-refractivity contribution in [2.75, 3.05) is 18.1 Å². The van der Waals surface area contributed by atoms with Gasteiger partial charge in [-0.15, -0.1) is 0 Å². The molecular formula is C14H19N3O. The molecule has 0 aliphatic carbocycles. The highest BCUT2D eigenvalue weighted by Crippen LogP contribution is 2.26. The number of hydrogen-bond acceptors (Lipinski definition) is 4. The Morgan fingerprint density at radius 3 is 2.78 bits per heavy atom. The topological polar surface area (TPSA) is 62.3 Å². The zero-order chi connectivity index (χ0) is 12.8. The van der Waals surface area contributed by atoms with Crippen LogP contribution in [0.3, 0.4) is 0 Å². The lowest BCUT2D eigenvalue weighted by Gasteiger charge is -2.37. The number of nitrogens with zero attached hydrogens (tertiary/aromatic N) is 2. The Balaban J connectivity index is 2.09. The summed E-state index contributed by atoms with van der Waals surface area (Å²) >= 11 is 0. The molecule has 4 heteroatoms. The van der Waals surface area contributed by atoms with E-state index in [1.54, 1.807) is 0 Å². The summed E-state index contributed by atoms with van der Waals surface area (Å²) in [6, 6.07) is 10.4. The number of rotatable bonds is 4. The van der Waals surface area contributed by atoms with E-state index in [-0.39, 0.29) is 0 Å². The lowest BCUT2D eigenvalue weighted by atomic mass is 9.98. The minimum Gasteiger partial charge on any atom is -0.368 e. The summed E-state index contributed by atoms with van der Waals surface area (Å²) < 4.78 is 0. The predicted molar refractivity (Wildman–Crippen MR) is 70.9 cm³/mol. The summed E-state index contributed by atoms with van der Waals surface area (Å²) in [6.07, 6.45) is 4.63. The van der Waals surface area contributed by atoms with Gasteiger partial charge in [-0.1, -0.05) is 0 Å². The maximum absolute atomic E-state index is 8.81. The van der Waals surface area contributed by atoms with Crippen molar-refractivity contribution in [3.05, 3.63) is 29.8 Å². The first kappa shape index (κ1) is 12.9. The number of hydrogen-bond donors (Lipinski definition) is 1. The second-order valence-electron chi connectivity index (χ2n) is 4.66. The number of piperidine rings is 1. The SMILES string of the molecule is N#Cc1ccc(N2CCCCC2CCON)cc1. The molecule has 1 aromatic carbocycles. The Morgan fingerprint density at radius 2 is 2.11 bits per heavy atom. The third-order valence-electron chi connectivity index (χ3n) is 3.52. The van der Waals surface area contributed by atoms with Crippen molar-refractivity contribution in [1.82, 2.24) is 0 Å². The number of benzene rings is 1. The van der Waals surface area contributed by atoms with E-state index in [1.807, 2.05) is 24.3 Å². The average molecular weight is 245 g/mol. The van der Waals surface area contributed by atoms with E-state index in [9.17, 15) is 0 Å². The maximum atomic E-state index is 8.81. The Morgan fingerprint density at radius 1 is 1.33 bits per heavy atom. The minimum atomic E-state index is 0.496. The monoisotopic (exact) mass is 245 g/mol. The molecule has 0 amide bonds. The fourth-order valence-corrected chi connectivity index (χ4v) is 2.57. The highest BCUT2D eigenvalue weighted by Gasteiger charge is 2.22. The summed E-state index contributed by atoms with van der Waals surface area (Å²) in [5.74, 6) is 5.11. The van der Waals surface area contributed by atoms with Crippen LogP contribution in [0.2, 0.25) is 0 Å². The van der Waals surface area contributed by atoms with Crippen LogP contribution in [0.4, 0.5) is 5.69 Å². The molecule has 2 rings (SSSR count). The van der Waals surface area contributed by atoms with E-state index in [0.717, 1.165) is 13.0 Å². The van der Waals surface area contributed by atoms with Crippen molar-refractivity contribution in [1.29, 1.82) is 5.26 Å². The Hall–Kier alpha value is -1.57. The van der Waals surface area contributed by atoms with E-state index in [1.165, 1.54) is 24.9 Å². The molecule has 0 aromatic heterocycles. The molecule has 96 valence electrons. The molecule has 1 unspecified atom stereocenters. The molecule has 0 bridgehead atoms. The van der Waals surface area contributed by atoms with Gasteiger partial charge in [-0.3, -0.25) is 0 Å². The van der Waals surface area contributed by atoms with Gasteiger partial charge in [0.05, 0.1) is 18.2 Å². The molecule has 2 N–H and O–H groups in total. The van der Waals surface area contributed by atoms with Crippen molar-refractivity contribution in [2.45, 2.75) is 31.7 Å². The number of nitrogens with two attached hydrogens (primary N) is 1. The van der Waals surface area contributed by atoms with Crippen molar-refractivity contribution >= 4 is 5.69 Å². The number of anilines is 1. The third kappa shape index (κ3) is 3.00. The maximum Gasteiger partial charge on any atom is 0.0991 e. The molecule has 0 radical (unpaired) electrons. The molecular weight excluding hydrogens is 226 g/mol. The molecule has 18 heavy (non-hydrogen) atoms. The van der Waals surface area contributed by atoms with Gasteiger partial charge in [0.25, 0.3) is 0 Å². The molecule has 1 aromatic rings. The van der Waals surface area contributed by atoms with Gasteiger partial charge in [0.2, 0.25) is 0 Å². The summed E-state index contributed by atoms with van der Waals surface area (Å²) in [4.78, 5) is 7.10. The number of nitriles is 1. The van der Waals surface area contributed by atoms with Crippen LogP contribution < -0.4 is 10.8 Å². The summed E-state index contributed by atoms with van der Waals surface area (Å²) in [5, 5.41) is 8.81. The molecule has 1 fully saturated rings. The van der Waals surface area contributed by atoms with E-state index < -0.39 is 0 Å². The van der Waals surface area contributed by atoms with Crippen LogP contribution in [0.1, 0.15) is 31.2 Å². The van der Waals surface area contributed by atoms with Gasteiger partial charge in [0.15, 0.2) is 0 Å². The molecule has 0 saturated carbocycles. The first-order valence-corrected chi connectivity index (χ1v) is 6.43. The normalized spacial score (nSPS) is 19.6.